The normalized spacial score (nSPS) is 15.9. The van der Waals surface area contributed by atoms with E-state index >= 15 is 0 Å². The highest BCUT2D eigenvalue weighted by atomic mass is 32.1. The molecule has 3 amide bonds. The van der Waals surface area contributed by atoms with Gasteiger partial charge in [0, 0.05) is 56.3 Å². The number of rotatable bonds is 19. The molecule has 4 atom stereocenters. The molecular weight excluding hydrogens is 667 g/mol. The molecule has 12 nitrogen and oxygen atoms in total. The smallest absolute Gasteiger partial charge is 0.241 e. The molecule has 278 valence electrons. The lowest BCUT2D eigenvalue weighted by molar-refractivity contribution is -0.151. The third-order valence-electron chi connectivity index (χ3n) is 9.64. The average Bonchev–Trinajstić information content (AvgIpc) is 3.55. The van der Waals surface area contributed by atoms with Crippen LogP contribution in [0.15, 0.2) is 54.2 Å². The van der Waals surface area contributed by atoms with Crippen LogP contribution in [0.25, 0.3) is 0 Å². The van der Waals surface area contributed by atoms with Gasteiger partial charge in [0.05, 0.1) is 36.0 Å². The first-order valence-electron chi connectivity index (χ1n) is 18.2. The van der Waals surface area contributed by atoms with Crippen LogP contribution >= 0.6 is 11.3 Å². The van der Waals surface area contributed by atoms with Crippen LogP contribution in [-0.2, 0) is 33.8 Å². The van der Waals surface area contributed by atoms with Crippen LogP contribution in [0.2, 0.25) is 0 Å². The Hall–Kier alpha value is -3.94. The number of pyridine rings is 2. The second-order valence-corrected chi connectivity index (χ2v) is 15.1. The average molecular weight is 722 g/mol. The van der Waals surface area contributed by atoms with E-state index in [9.17, 15) is 24.6 Å². The number of thiazole rings is 1. The van der Waals surface area contributed by atoms with Crippen molar-refractivity contribution in [2.75, 3.05) is 25.9 Å². The largest absolute Gasteiger partial charge is 0.390 e. The number of nitrogens with zero attached hydrogens (tertiary/aromatic N) is 5. The molecule has 13 heteroatoms. The molecule has 1 fully saturated rings. The molecule has 0 aliphatic heterocycles. The Balaban J connectivity index is 1.65. The first-order valence-corrected chi connectivity index (χ1v) is 19.0. The lowest BCUT2D eigenvalue weighted by atomic mass is 9.81. The second-order valence-electron chi connectivity index (χ2n) is 14.2. The van der Waals surface area contributed by atoms with Gasteiger partial charge in [-0.15, -0.1) is 11.3 Å². The molecule has 0 bridgehead atoms. The first kappa shape index (κ1) is 39.8. The van der Waals surface area contributed by atoms with E-state index in [1.165, 1.54) is 16.2 Å². The van der Waals surface area contributed by atoms with Crippen molar-refractivity contribution in [1.29, 1.82) is 0 Å². The maximum atomic E-state index is 14.9. The van der Waals surface area contributed by atoms with Crippen molar-refractivity contribution in [3.63, 3.8) is 0 Å². The molecule has 51 heavy (non-hydrogen) atoms. The van der Waals surface area contributed by atoms with Gasteiger partial charge in [0.15, 0.2) is 5.13 Å². The molecule has 5 N–H and O–H groups in total. The SMILES string of the molecule is CC(C)C[C@H](O)[C@H](O)[C@H](CC1CCCCC1)N(CC(=O)N(C)CCc1ccccn1)C(=O)[C@@H](CC(=O)NCc1ccccn1)Cc1csc(N)n1. The Morgan fingerprint density at radius 3 is 2.29 bits per heavy atom. The van der Waals surface area contributed by atoms with Crippen LogP contribution in [0.4, 0.5) is 5.13 Å². The number of hydrogen-bond acceptors (Lipinski definition) is 10. The molecule has 3 aromatic rings. The van der Waals surface area contributed by atoms with E-state index < -0.39 is 30.1 Å². The fraction of sp³-hybridized carbons (Fsp3) is 0.579. The van der Waals surface area contributed by atoms with Crippen LogP contribution < -0.4 is 11.1 Å². The Morgan fingerprint density at radius 1 is 1.00 bits per heavy atom. The standard InChI is InChI=1S/C38H55N7O5S/c1-26(2)19-33(46)36(49)32(20-27-11-5-4-6-12-27)45(24-35(48)44(3)18-15-29-13-7-9-16-40-29)37(50)28(21-31-25-51-38(39)43-31)22-34(47)42-23-30-14-8-10-17-41-30/h7-10,13-14,16-17,25-28,32-33,36,46,49H,4-6,11-12,15,18-24H2,1-3H3,(H2,39,43)(H,42,47)/t28-,32+,33+,36-/m1/s1. The summed E-state index contributed by atoms with van der Waals surface area (Å²) in [4.78, 5) is 58.4. The van der Waals surface area contributed by atoms with Gasteiger partial charge >= 0.3 is 0 Å². The molecule has 1 aliphatic carbocycles. The number of aliphatic hydroxyl groups is 2. The van der Waals surface area contributed by atoms with Crippen LogP contribution in [-0.4, -0.2) is 91.1 Å². The number of aromatic nitrogens is 3. The van der Waals surface area contributed by atoms with E-state index in [4.69, 9.17) is 5.73 Å². The van der Waals surface area contributed by atoms with Crippen molar-refractivity contribution in [1.82, 2.24) is 30.1 Å². The molecular formula is C38H55N7O5S. The summed E-state index contributed by atoms with van der Waals surface area (Å²) in [6, 6.07) is 10.2. The number of carbonyl (C=O) groups is 3. The summed E-state index contributed by atoms with van der Waals surface area (Å²) >= 11 is 1.25. The first-order chi connectivity index (χ1) is 24.5. The molecule has 0 unspecified atom stereocenters. The predicted octanol–water partition coefficient (Wildman–Crippen LogP) is 4.02. The maximum Gasteiger partial charge on any atom is 0.241 e. The maximum absolute atomic E-state index is 14.9. The molecule has 0 saturated heterocycles. The summed E-state index contributed by atoms with van der Waals surface area (Å²) in [6.45, 7) is 4.19. The van der Waals surface area contributed by atoms with Gasteiger partial charge in [0.25, 0.3) is 0 Å². The summed E-state index contributed by atoms with van der Waals surface area (Å²) in [5.41, 5.74) is 8.03. The highest BCUT2D eigenvalue weighted by molar-refractivity contribution is 7.13. The summed E-state index contributed by atoms with van der Waals surface area (Å²) < 4.78 is 0. The zero-order chi connectivity index (χ0) is 36.8. The molecule has 1 aliphatic rings. The van der Waals surface area contributed by atoms with Gasteiger partial charge in [-0.05, 0) is 48.9 Å². The quantitative estimate of drug-likeness (QED) is 0.143. The summed E-state index contributed by atoms with van der Waals surface area (Å²) in [5.74, 6) is -1.71. The van der Waals surface area contributed by atoms with E-state index in [1.807, 2.05) is 38.1 Å². The number of carbonyl (C=O) groups excluding carboxylic acids is 3. The molecule has 0 aromatic carbocycles. The third-order valence-corrected chi connectivity index (χ3v) is 10.4. The Kier molecular flexibility index (Phi) is 15.8. The summed E-state index contributed by atoms with van der Waals surface area (Å²) in [7, 11) is 1.69. The van der Waals surface area contributed by atoms with Crippen molar-refractivity contribution < 1.29 is 24.6 Å². The molecule has 1 saturated carbocycles. The number of nitrogen functional groups attached to an aromatic ring is 1. The van der Waals surface area contributed by atoms with E-state index in [0.717, 1.165) is 37.8 Å². The van der Waals surface area contributed by atoms with Gasteiger partial charge in [0.2, 0.25) is 17.7 Å². The number of anilines is 1. The van der Waals surface area contributed by atoms with E-state index in [2.05, 4.69) is 20.3 Å². The van der Waals surface area contributed by atoms with Gasteiger partial charge < -0.3 is 31.1 Å². The highest BCUT2D eigenvalue weighted by Crippen LogP contribution is 2.32. The lowest BCUT2D eigenvalue weighted by Gasteiger charge is -2.41. The van der Waals surface area contributed by atoms with Crippen LogP contribution in [0.1, 0.15) is 82.3 Å². The zero-order valence-electron chi connectivity index (χ0n) is 30.2. The van der Waals surface area contributed by atoms with Crippen molar-refractivity contribution in [3.05, 3.63) is 71.3 Å². The minimum Gasteiger partial charge on any atom is -0.390 e. The van der Waals surface area contributed by atoms with Crippen molar-refractivity contribution >= 4 is 34.2 Å². The number of nitrogens with two attached hydrogens (primary N) is 1. The molecule has 0 spiro atoms. The molecule has 4 rings (SSSR count). The Morgan fingerprint density at radius 2 is 1.69 bits per heavy atom. The predicted molar refractivity (Wildman–Crippen MR) is 198 cm³/mol. The van der Waals surface area contributed by atoms with E-state index in [0.29, 0.717) is 42.3 Å². The number of aliphatic hydroxyl groups excluding tert-OH is 2. The second kappa shape index (κ2) is 20.2. The van der Waals surface area contributed by atoms with E-state index in [1.54, 1.807) is 41.9 Å². The van der Waals surface area contributed by atoms with Gasteiger partial charge in [-0.3, -0.25) is 24.4 Å². The van der Waals surface area contributed by atoms with Gasteiger partial charge in [0.1, 0.15) is 12.6 Å². The number of nitrogens with one attached hydrogen (secondary N) is 1. The minimum atomic E-state index is -1.29. The number of hydrogen-bond donors (Lipinski definition) is 4. The zero-order valence-corrected chi connectivity index (χ0v) is 31.0. The van der Waals surface area contributed by atoms with Crippen LogP contribution in [0.3, 0.4) is 0 Å². The fourth-order valence-electron chi connectivity index (χ4n) is 6.81. The van der Waals surface area contributed by atoms with Gasteiger partial charge in [-0.2, -0.15) is 0 Å². The summed E-state index contributed by atoms with van der Waals surface area (Å²) in [5, 5.41) is 28.1. The monoisotopic (exact) mass is 721 g/mol. The number of amides is 3. The third kappa shape index (κ3) is 13.0. The van der Waals surface area contributed by atoms with Gasteiger partial charge in [-0.1, -0.05) is 58.1 Å². The highest BCUT2D eigenvalue weighted by Gasteiger charge is 2.40. The Bertz CT molecular complexity index is 1500. The lowest BCUT2D eigenvalue weighted by Crippen LogP contribution is -2.56. The van der Waals surface area contributed by atoms with Crippen molar-refractivity contribution in [2.24, 2.45) is 17.8 Å². The Labute approximate surface area is 305 Å². The van der Waals surface area contributed by atoms with Crippen LogP contribution in [0, 0.1) is 17.8 Å². The molecule has 3 aromatic heterocycles. The van der Waals surface area contributed by atoms with E-state index in [-0.39, 0.29) is 49.6 Å². The number of likely N-dealkylation sites (N-methyl/N-ethyl adjacent to an activating group) is 1. The molecule has 3 heterocycles. The van der Waals surface area contributed by atoms with Crippen LogP contribution in [0.5, 0.6) is 0 Å². The topological polar surface area (TPSA) is 175 Å². The fourth-order valence-corrected chi connectivity index (χ4v) is 7.39. The molecule has 0 radical (unpaired) electrons. The van der Waals surface area contributed by atoms with Crippen molar-refractivity contribution in [3.8, 4) is 0 Å². The van der Waals surface area contributed by atoms with Gasteiger partial charge in [-0.25, -0.2) is 4.98 Å². The van der Waals surface area contributed by atoms with Crippen molar-refractivity contribution in [2.45, 2.75) is 103 Å². The minimum absolute atomic E-state index is 0.0965. The summed E-state index contributed by atoms with van der Waals surface area (Å²) in [6.07, 6.45) is 7.32.